The van der Waals surface area contributed by atoms with E-state index in [-0.39, 0.29) is 5.56 Å². The maximum absolute atomic E-state index is 10.9. The van der Waals surface area contributed by atoms with Crippen LogP contribution < -0.4 is 5.32 Å². The summed E-state index contributed by atoms with van der Waals surface area (Å²) < 4.78 is 0. The van der Waals surface area contributed by atoms with E-state index in [1.54, 1.807) is 18.2 Å². The summed E-state index contributed by atoms with van der Waals surface area (Å²) in [6, 6.07) is 9.01. The number of anilines is 1. The van der Waals surface area contributed by atoms with Gasteiger partial charge in [0.25, 0.3) is 0 Å². The van der Waals surface area contributed by atoms with E-state index in [2.05, 4.69) is 10.3 Å². The molecule has 0 aliphatic carbocycles. The van der Waals surface area contributed by atoms with Crippen LogP contribution in [0, 0.1) is 13.8 Å². The van der Waals surface area contributed by atoms with Crippen molar-refractivity contribution in [2.45, 2.75) is 20.4 Å². The average molecular weight is 256 g/mol. The van der Waals surface area contributed by atoms with Gasteiger partial charge in [0.1, 0.15) is 0 Å². The number of aromatic carboxylic acids is 1. The Labute approximate surface area is 112 Å². The van der Waals surface area contributed by atoms with E-state index in [0.29, 0.717) is 6.54 Å². The quantitative estimate of drug-likeness (QED) is 0.882. The van der Waals surface area contributed by atoms with Crippen molar-refractivity contribution in [3.63, 3.8) is 0 Å². The van der Waals surface area contributed by atoms with Crippen LogP contribution in [0.3, 0.4) is 0 Å². The molecule has 0 amide bonds. The van der Waals surface area contributed by atoms with Gasteiger partial charge in [0, 0.05) is 11.9 Å². The van der Waals surface area contributed by atoms with Crippen LogP contribution in [-0.4, -0.2) is 16.1 Å². The zero-order valence-corrected chi connectivity index (χ0v) is 11.0. The van der Waals surface area contributed by atoms with Gasteiger partial charge in [0.05, 0.1) is 17.8 Å². The summed E-state index contributed by atoms with van der Waals surface area (Å²) in [5.74, 6) is -0.920. The molecule has 0 spiro atoms. The molecule has 98 valence electrons. The van der Waals surface area contributed by atoms with Gasteiger partial charge in [0.15, 0.2) is 0 Å². The van der Waals surface area contributed by atoms with Crippen molar-refractivity contribution >= 4 is 11.7 Å². The minimum Gasteiger partial charge on any atom is -0.478 e. The third-order valence-corrected chi connectivity index (χ3v) is 2.92. The predicted molar refractivity (Wildman–Crippen MR) is 74.4 cm³/mol. The van der Waals surface area contributed by atoms with Gasteiger partial charge in [-0.3, -0.25) is 4.98 Å². The number of benzene rings is 1. The number of hydrogen-bond acceptors (Lipinski definition) is 3. The Hall–Kier alpha value is -2.36. The summed E-state index contributed by atoms with van der Waals surface area (Å²) in [5, 5.41) is 12.2. The van der Waals surface area contributed by atoms with E-state index in [9.17, 15) is 4.79 Å². The van der Waals surface area contributed by atoms with Crippen molar-refractivity contribution < 1.29 is 9.90 Å². The summed E-state index contributed by atoms with van der Waals surface area (Å²) in [6.45, 7) is 4.51. The van der Waals surface area contributed by atoms with Crippen molar-refractivity contribution in [1.29, 1.82) is 0 Å². The first-order valence-electron chi connectivity index (χ1n) is 6.05. The minimum absolute atomic E-state index is 0.282. The Morgan fingerprint density at radius 3 is 2.68 bits per heavy atom. The summed E-state index contributed by atoms with van der Waals surface area (Å²) >= 11 is 0. The molecule has 1 aromatic carbocycles. The highest BCUT2D eigenvalue weighted by atomic mass is 16.4. The van der Waals surface area contributed by atoms with Crippen LogP contribution in [0.2, 0.25) is 0 Å². The third-order valence-electron chi connectivity index (χ3n) is 2.92. The number of carboxylic acid groups (broad SMARTS) is 1. The van der Waals surface area contributed by atoms with E-state index >= 15 is 0 Å². The van der Waals surface area contributed by atoms with Crippen molar-refractivity contribution in [2.75, 3.05) is 5.32 Å². The molecule has 4 heteroatoms. The lowest BCUT2D eigenvalue weighted by atomic mass is 10.1. The van der Waals surface area contributed by atoms with Crippen LogP contribution in [-0.2, 0) is 6.54 Å². The number of hydrogen-bond donors (Lipinski definition) is 2. The molecular weight excluding hydrogens is 240 g/mol. The van der Waals surface area contributed by atoms with Gasteiger partial charge in [-0.15, -0.1) is 0 Å². The molecule has 1 heterocycles. The molecule has 0 saturated heterocycles. The lowest BCUT2D eigenvalue weighted by molar-refractivity contribution is 0.0697. The maximum Gasteiger partial charge on any atom is 0.335 e. The molecule has 0 unspecified atom stereocenters. The standard InChI is InChI=1S/C15H16N2O2/c1-10-3-6-13(16-8-10)9-17-14-7-12(15(18)19)5-4-11(14)2/h3-8,17H,9H2,1-2H3,(H,18,19). The molecule has 0 fully saturated rings. The molecule has 0 saturated carbocycles. The highest BCUT2D eigenvalue weighted by Crippen LogP contribution is 2.17. The number of pyridine rings is 1. The molecule has 0 bridgehead atoms. The second-order valence-electron chi connectivity index (χ2n) is 4.52. The number of rotatable bonds is 4. The van der Waals surface area contributed by atoms with Gasteiger partial charge in [-0.05, 0) is 43.2 Å². The van der Waals surface area contributed by atoms with E-state index in [0.717, 1.165) is 22.5 Å². The van der Waals surface area contributed by atoms with Gasteiger partial charge in [0.2, 0.25) is 0 Å². The molecule has 1 aromatic heterocycles. The fraction of sp³-hybridized carbons (Fsp3) is 0.200. The first kappa shape index (κ1) is 13.1. The molecule has 0 atom stereocenters. The summed E-state index contributed by atoms with van der Waals surface area (Å²) in [6.07, 6.45) is 1.82. The normalized spacial score (nSPS) is 10.2. The van der Waals surface area contributed by atoms with Crippen LogP contribution in [0.5, 0.6) is 0 Å². The molecular formula is C15H16N2O2. The van der Waals surface area contributed by atoms with Crippen LogP contribution in [0.4, 0.5) is 5.69 Å². The third kappa shape index (κ3) is 3.31. The molecule has 4 nitrogen and oxygen atoms in total. The number of nitrogens with one attached hydrogen (secondary N) is 1. The number of aryl methyl sites for hydroxylation is 2. The van der Waals surface area contributed by atoms with Crippen LogP contribution >= 0.6 is 0 Å². The number of aromatic nitrogens is 1. The molecule has 2 N–H and O–H groups in total. The molecule has 0 radical (unpaired) electrons. The SMILES string of the molecule is Cc1ccc(CNc2cc(C(=O)O)ccc2C)nc1. The number of nitrogens with zero attached hydrogens (tertiary/aromatic N) is 1. The zero-order valence-electron chi connectivity index (χ0n) is 11.0. The average Bonchev–Trinajstić information content (AvgIpc) is 2.39. The van der Waals surface area contributed by atoms with Crippen LogP contribution in [0.15, 0.2) is 36.5 Å². The fourth-order valence-corrected chi connectivity index (χ4v) is 1.73. The summed E-state index contributed by atoms with van der Waals surface area (Å²) in [7, 11) is 0. The Balaban J connectivity index is 2.12. The first-order chi connectivity index (χ1) is 9.06. The lowest BCUT2D eigenvalue weighted by Gasteiger charge is -2.10. The van der Waals surface area contributed by atoms with Gasteiger partial charge in [-0.25, -0.2) is 4.79 Å². The van der Waals surface area contributed by atoms with Gasteiger partial charge in [-0.1, -0.05) is 12.1 Å². The van der Waals surface area contributed by atoms with Crippen molar-refractivity contribution in [3.05, 3.63) is 58.9 Å². The maximum atomic E-state index is 10.9. The molecule has 19 heavy (non-hydrogen) atoms. The van der Waals surface area contributed by atoms with E-state index in [4.69, 9.17) is 5.11 Å². The molecule has 0 aliphatic heterocycles. The van der Waals surface area contributed by atoms with Gasteiger partial charge >= 0.3 is 5.97 Å². The predicted octanol–water partition coefficient (Wildman–Crippen LogP) is 3.01. The first-order valence-corrected chi connectivity index (χ1v) is 6.05. The fourth-order valence-electron chi connectivity index (χ4n) is 1.73. The van der Waals surface area contributed by atoms with Gasteiger partial charge < -0.3 is 10.4 Å². The summed E-state index contributed by atoms with van der Waals surface area (Å²) in [4.78, 5) is 15.2. The van der Waals surface area contributed by atoms with Crippen LogP contribution in [0.1, 0.15) is 27.2 Å². The molecule has 0 aliphatic rings. The second-order valence-corrected chi connectivity index (χ2v) is 4.52. The Bertz CT molecular complexity index is 592. The van der Waals surface area contributed by atoms with Crippen molar-refractivity contribution in [3.8, 4) is 0 Å². The number of carbonyl (C=O) groups is 1. The Kier molecular flexibility index (Phi) is 3.80. The Morgan fingerprint density at radius 1 is 1.26 bits per heavy atom. The Morgan fingerprint density at radius 2 is 2.05 bits per heavy atom. The lowest BCUT2D eigenvalue weighted by Crippen LogP contribution is -2.05. The van der Waals surface area contributed by atoms with E-state index in [1.807, 2.05) is 32.2 Å². The van der Waals surface area contributed by atoms with Gasteiger partial charge in [-0.2, -0.15) is 0 Å². The van der Waals surface area contributed by atoms with Crippen molar-refractivity contribution in [2.24, 2.45) is 0 Å². The van der Waals surface area contributed by atoms with Crippen molar-refractivity contribution in [1.82, 2.24) is 4.98 Å². The number of carboxylic acids is 1. The van der Waals surface area contributed by atoms with E-state index < -0.39 is 5.97 Å². The summed E-state index contributed by atoms with van der Waals surface area (Å²) in [5.41, 5.74) is 4.16. The topological polar surface area (TPSA) is 62.2 Å². The minimum atomic E-state index is -0.920. The molecule has 2 aromatic rings. The highest BCUT2D eigenvalue weighted by Gasteiger charge is 2.06. The second kappa shape index (κ2) is 5.52. The van der Waals surface area contributed by atoms with Crippen LogP contribution in [0.25, 0.3) is 0 Å². The largest absolute Gasteiger partial charge is 0.478 e. The van der Waals surface area contributed by atoms with E-state index in [1.165, 1.54) is 0 Å². The smallest absolute Gasteiger partial charge is 0.335 e. The monoisotopic (exact) mass is 256 g/mol. The zero-order chi connectivity index (χ0) is 13.8. The highest BCUT2D eigenvalue weighted by molar-refractivity contribution is 5.89. The molecule has 2 rings (SSSR count).